The van der Waals surface area contributed by atoms with E-state index in [1.807, 2.05) is 25.1 Å². The fraction of sp³-hybridized carbons (Fsp3) is 0.312. The van der Waals surface area contributed by atoms with Gasteiger partial charge in [0.15, 0.2) is 0 Å². The number of rotatable bonds is 3. The second-order valence-corrected chi connectivity index (χ2v) is 5.07. The molecule has 0 unspecified atom stereocenters. The monoisotopic (exact) mass is 254 g/mol. The maximum Gasteiger partial charge on any atom is 0.223 e. The van der Waals surface area contributed by atoms with E-state index < -0.39 is 0 Å². The van der Waals surface area contributed by atoms with Gasteiger partial charge in [-0.15, -0.1) is 0 Å². The van der Waals surface area contributed by atoms with Crippen molar-refractivity contribution in [2.45, 2.75) is 32.2 Å². The Hall–Kier alpha value is -1.87. The summed E-state index contributed by atoms with van der Waals surface area (Å²) in [5.74, 6) is 1.46. The number of benzene rings is 1. The Morgan fingerprint density at radius 1 is 1.21 bits per heavy atom. The number of ether oxygens (including phenoxy) is 1. The van der Waals surface area contributed by atoms with Crippen molar-refractivity contribution in [1.82, 2.24) is 4.98 Å². The van der Waals surface area contributed by atoms with Crippen LogP contribution >= 0.6 is 0 Å². The molecule has 0 radical (unpaired) electrons. The molecule has 1 heterocycles. The highest BCUT2D eigenvalue weighted by Gasteiger charge is 2.13. The zero-order chi connectivity index (χ0) is 13.2. The Labute approximate surface area is 113 Å². The van der Waals surface area contributed by atoms with Crippen LogP contribution in [0.5, 0.6) is 11.6 Å². The molecule has 0 fully saturated rings. The van der Waals surface area contributed by atoms with Crippen molar-refractivity contribution >= 4 is 0 Å². The van der Waals surface area contributed by atoms with Crippen molar-refractivity contribution in [2.75, 3.05) is 0 Å². The van der Waals surface area contributed by atoms with Crippen LogP contribution in [0.4, 0.5) is 0 Å². The molecule has 2 aromatic rings. The lowest BCUT2D eigenvalue weighted by molar-refractivity contribution is 0.451. The number of hydrogen-bond acceptors (Lipinski definition) is 3. The first-order valence-corrected chi connectivity index (χ1v) is 6.74. The lowest BCUT2D eigenvalue weighted by atomic mass is 10.1. The molecule has 3 heteroatoms. The molecule has 2 N–H and O–H groups in total. The number of fused-ring (bicyclic) bond motifs is 1. The second kappa shape index (κ2) is 5.02. The summed E-state index contributed by atoms with van der Waals surface area (Å²) in [7, 11) is 0. The van der Waals surface area contributed by atoms with Gasteiger partial charge in [-0.05, 0) is 55.5 Å². The van der Waals surface area contributed by atoms with E-state index in [0.717, 1.165) is 17.7 Å². The highest BCUT2D eigenvalue weighted by atomic mass is 16.5. The smallest absolute Gasteiger partial charge is 0.223 e. The van der Waals surface area contributed by atoms with Gasteiger partial charge in [-0.2, -0.15) is 0 Å². The standard InChI is InChI=1S/C16H18N2O/c1-11(17)15-6-3-9-18-16(15)19-14-8-7-12-4-2-5-13(12)10-14/h3,6-11H,2,4-5,17H2,1H3/t11-/m0/s1. The lowest BCUT2D eigenvalue weighted by Gasteiger charge is -2.12. The predicted octanol–water partition coefficient (Wildman–Crippen LogP) is 3.38. The van der Waals surface area contributed by atoms with Gasteiger partial charge in [0.1, 0.15) is 5.75 Å². The van der Waals surface area contributed by atoms with Crippen LogP contribution in [0.3, 0.4) is 0 Å². The molecule has 1 aliphatic rings. The summed E-state index contributed by atoms with van der Waals surface area (Å²) in [6, 6.07) is 10.1. The zero-order valence-electron chi connectivity index (χ0n) is 11.1. The molecule has 0 saturated heterocycles. The van der Waals surface area contributed by atoms with Crippen molar-refractivity contribution in [1.29, 1.82) is 0 Å². The van der Waals surface area contributed by atoms with Gasteiger partial charge in [-0.1, -0.05) is 12.1 Å². The van der Waals surface area contributed by atoms with Crippen molar-refractivity contribution < 1.29 is 4.74 Å². The van der Waals surface area contributed by atoms with E-state index in [-0.39, 0.29) is 6.04 Å². The first-order chi connectivity index (χ1) is 9.24. The molecule has 3 nitrogen and oxygen atoms in total. The largest absolute Gasteiger partial charge is 0.439 e. The SMILES string of the molecule is C[C@H](N)c1cccnc1Oc1ccc2c(c1)CCC2. The Morgan fingerprint density at radius 2 is 2.05 bits per heavy atom. The van der Waals surface area contributed by atoms with E-state index >= 15 is 0 Å². The van der Waals surface area contributed by atoms with Gasteiger partial charge in [-0.3, -0.25) is 0 Å². The fourth-order valence-corrected chi connectivity index (χ4v) is 2.56. The first-order valence-electron chi connectivity index (χ1n) is 6.74. The van der Waals surface area contributed by atoms with Gasteiger partial charge in [0.25, 0.3) is 0 Å². The summed E-state index contributed by atoms with van der Waals surface area (Å²) in [4.78, 5) is 4.29. The van der Waals surface area contributed by atoms with Gasteiger partial charge in [0.05, 0.1) is 0 Å². The summed E-state index contributed by atoms with van der Waals surface area (Å²) in [5, 5.41) is 0. The van der Waals surface area contributed by atoms with E-state index in [1.54, 1.807) is 6.20 Å². The van der Waals surface area contributed by atoms with E-state index in [0.29, 0.717) is 5.88 Å². The molecule has 0 bridgehead atoms. The van der Waals surface area contributed by atoms with E-state index in [4.69, 9.17) is 10.5 Å². The van der Waals surface area contributed by atoms with Crippen LogP contribution in [0, 0.1) is 0 Å². The molecular weight excluding hydrogens is 236 g/mol. The number of nitrogens with zero attached hydrogens (tertiary/aromatic N) is 1. The Morgan fingerprint density at radius 3 is 2.89 bits per heavy atom. The number of aromatic nitrogens is 1. The Kier molecular flexibility index (Phi) is 3.22. The van der Waals surface area contributed by atoms with Crippen molar-refractivity contribution in [3.05, 3.63) is 53.2 Å². The fourth-order valence-electron chi connectivity index (χ4n) is 2.56. The van der Waals surface area contributed by atoms with E-state index in [2.05, 4.69) is 17.1 Å². The average Bonchev–Trinajstić information content (AvgIpc) is 2.86. The minimum absolute atomic E-state index is 0.0851. The van der Waals surface area contributed by atoms with Crippen LogP contribution < -0.4 is 10.5 Å². The molecule has 98 valence electrons. The first kappa shape index (κ1) is 12.2. The second-order valence-electron chi connectivity index (χ2n) is 5.07. The van der Waals surface area contributed by atoms with Crippen LogP contribution in [-0.2, 0) is 12.8 Å². The van der Waals surface area contributed by atoms with Gasteiger partial charge >= 0.3 is 0 Å². The molecular formula is C16H18N2O. The third kappa shape index (κ3) is 2.47. The molecule has 0 saturated carbocycles. The molecule has 3 rings (SSSR count). The normalized spacial score (nSPS) is 15.1. The summed E-state index contributed by atoms with van der Waals surface area (Å²) >= 11 is 0. The Balaban J connectivity index is 1.89. The number of nitrogens with two attached hydrogens (primary N) is 1. The van der Waals surface area contributed by atoms with Gasteiger partial charge < -0.3 is 10.5 Å². The summed E-state index contributed by atoms with van der Waals surface area (Å²) in [6.45, 7) is 1.94. The highest BCUT2D eigenvalue weighted by molar-refractivity contribution is 5.41. The molecule has 1 aliphatic carbocycles. The molecule has 1 aromatic heterocycles. The summed E-state index contributed by atoms with van der Waals surface area (Å²) < 4.78 is 5.90. The number of pyridine rings is 1. The summed E-state index contributed by atoms with van der Waals surface area (Å²) in [5.41, 5.74) is 9.72. The molecule has 0 amide bonds. The van der Waals surface area contributed by atoms with Gasteiger partial charge in [-0.25, -0.2) is 4.98 Å². The summed E-state index contributed by atoms with van der Waals surface area (Å²) in [6.07, 6.45) is 5.31. The van der Waals surface area contributed by atoms with Crippen molar-refractivity contribution in [3.63, 3.8) is 0 Å². The number of aryl methyl sites for hydroxylation is 2. The van der Waals surface area contributed by atoms with E-state index in [9.17, 15) is 0 Å². The zero-order valence-corrected chi connectivity index (χ0v) is 11.1. The van der Waals surface area contributed by atoms with E-state index in [1.165, 1.54) is 24.0 Å². The quantitative estimate of drug-likeness (QED) is 0.913. The molecule has 1 aromatic carbocycles. The third-order valence-corrected chi connectivity index (χ3v) is 3.58. The highest BCUT2D eigenvalue weighted by Crippen LogP contribution is 2.30. The van der Waals surface area contributed by atoms with Crippen molar-refractivity contribution in [2.24, 2.45) is 5.73 Å². The van der Waals surface area contributed by atoms with Gasteiger partial charge in [0, 0.05) is 17.8 Å². The molecule has 0 aliphatic heterocycles. The van der Waals surface area contributed by atoms with Crippen LogP contribution in [0.2, 0.25) is 0 Å². The maximum absolute atomic E-state index is 5.94. The van der Waals surface area contributed by atoms with Crippen LogP contribution in [0.1, 0.15) is 36.1 Å². The van der Waals surface area contributed by atoms with Gasteiger partial charge in [0.2, 0.25) is 5.88 Å². The van der Waals surface area contributed by atoms with Crippen LogP contribution in [0.15, 0.2) is 36.5 Å². The third-order valence-electron chi connectivity index (χ3n) is 3.58. The molecule has 19 heavy (non-hydrogen) atoms. The minimum Gasteiger partial charge on any atom is -0.439 e. The van der Waals surface area contributed by atoms with Crippen LogP contribution in [0.25, 0.3) is 0 Å². The topological polar surface area (TPSA) is 48.1 Å². The maximum atomic E-state index is 5.94. The lowest BCUT2D eigenvalue weighted by Crippen LogP contribution is -2.07. The van der Waals surface area contributed by atoms with Crippen molar-refractivity contribution in [3.8, 4) is 11.6 Å². The predicted molar refractivity (Wildman–Crippen MR) is 75.4 cm³/mol. The molecule has 1 atom stereocenters. The molecule has 0 spiro atoms. The Bertz CT molecular complexity index is 593. The number of hydrogen-bond donors (Lipinski definition) is 1. The minimum atomic E-state index is -0.0851. The van der Waals surface area contributed by atoms with Crippen LogP contribution in [-0.4, -0.2) is 4.98 Å². The average molecular weight is 254 g/mol.